The summed E-state index contributed by atoms with van der Waals surface area (Å²) in [6.45, 7) is 5.41. The molecule has 0 N–H and O–H groups in total. The van der Waals surface area contributed by atoms with Crippen molar-refractivity contribution < 1.29 is 23.7 Å². The standard InChI is InChI=1S/C19H23NO5/c1-7-11(2)19(21)25-10-14-15-13(8-9-20-14)16(22-4)12(3)17(23-5)18(15)24-6/h7-9H,10H2,1-6H3/b11-7-. The third kappa shape index (κ3) is 3.38. The van der Waals surface area contributed by atoms with E-state index in [9.17, 15) is 4.79 Å². The smallest absolute Gasteiger partial charge is 0.333 e. The maximum absolute atomic E-state index is 11.9. The van der Waals surface area contributed by atoms with Crippen molar-refractivity contribution in [2.24, 2.45) is 0 Å². The highest BCUT2D eigenvalue weighted by Crippen LogP contribution is 2.46. The lowest BCUT2D eigenvalue weighted by Gasteiger charge is -2.19. The molecule has 0 radical (unpaired) electrons. The lowest BCUT2D eigenvalue weighted by atomic mass is 10.0. The molecule has 0 spiro atoms. The van der Waals surface area contributed by atoms with Gasteiger partial charge in [0, 0.05) is 22.7 Å². The van der Waals surface area contributed by atoms with Gasteiger partial charge in [-0.2, -0.15) is 0 Å². The summed E-state index contributed by atoms with van der Waals surface area (Å²) >= 11 is 0. The number of carbonyl (C=O) groups excluding carboxylic acids is 1. The summed E-state index contributed by atoms with van der Waals surface area (Å²) in [5, 5.41) is 1.52. The Balaban J connectivity index is 2.64. The molecule has 6 nitrogen and oxygen atoms in total. The lowest BCUT2D eigenvalue weighted by Crippen LogP contribution is -2.08. The molecule has 0 fully saturated rings. The molecule has 0 aliphatic carbocycles. The van der Waals surface area contributed by atoms with Crippen LogP contribution in [0.25, 0.3) is 10.8 Å². The fourth-order valence-corrected chi connectivity index (χ4v) is 2.72. The molecule has 0 saturated carbocycles. The topological polar surface area (TPSA) is 66.9 Å². The van der Waals surface area contributed by atoms with Gasteiger partial charge in [0.25, 0.3) is 0 Å². The number of hydrogen-bond donors (Lipinski definition) is 0. The summed E-state index contributed by atoms with van der Waals surface area (Å²) < 4.78 is 22.0. The van der Waals surface area contributed by atoms with Crippen molar-refractivity contribution >= 4 is 16.7 Å². The molecule has 0 amide bonds. The van der Waals surface area contributed by atoms with E-state index < -0.39 is 0 Å². The number of hydrogen-bond acceptors (Lipinski definition) is 6. The molecule has 0 saturated heterocycles. The number of benzene rings is 1. The van der Waals surface area contributed by atoms with Crippen LogP contribution in [0.1, 0.15) is 25.1 Å². The number of ether oxygens (including phenoxy) is 4. The van der Waals surface area contributed by atoms with E-state index in [-0.39, 0.29) is 12.6 Å². The summed E-state index contributed by atoms with van der Waals surface area (Å²) in [4.78, 5) is 16.3. The number of allylic oxidation sites excluding steroid dienone is 1. The zero-order chi connectivity index (χ0) is 18.6. The number of aromatic nitrogens is 1. The molecule has 134 valence electrons. The molecule has 1 aromatic heterocycles. The Morgan fingerprint density at radius 3 is 2.32 bits per heavy atom. The summed E-state index contributed by atoms with van der Waals surface area (Å²) in [7, 11) is 4.74. The van der Waals surface area contributed by atoms with Gasteiger partial charge < -0.3 is 18.9 Å². The molecule has 25 heavy (non-hydrogen) atoms. The second-order valence-corrected chi connectivity index (χ2v) is 5.45. The minimum absolute atomic E-state index is 0.0209. The predicted octanol–water partition coefficient (Wildman–Crippen LogP) is 3.58. The number of methoxy groups -OCH3 is 3. The third-order valence-corrected chi connectivity index (χ3v) is 4.10. The molecule has 6 heteroatoms. The zero-order valence-corrected chi connectivity index (χ0v) is 15.4. The Morgan fingerprint density at radius 1 is 1.12 bits per heavy atom. The molecular weight excluding hydrogens is 322 g/mol. The largest absolute Gasteiger partial charge is 0.496 e. The molecule has 0 aliphatic heterocycles. The van der Waals surface area contributed by atoms with Gasteiger partial charge in [-0.1, -0.05) is 6.08 Å². The Morgan fingerprint density at radius 2 is 1.76 bits per heavy atom. The van der Waals surface area contributed by atoms with Crippen molar-refractivity contribution in [2.75, 3.05) is 21.3 Å². The lowest BCUT2D eigenvalue weighted by molar-refractivity contribution is -0.140. The molecule has 0 unspecified atom stereocenters. The van der Waals surface area contributed by atoms with Crippen LogP contribution in [0.3, 0.4) is 0 Å². The minimum Gasteiger partial charge on any atom is -0.496 e. The fraction of sp³-hybridized carbons (Fsp3) is 0.368. The van der Waals surface area contributed by atoms with E-state index in [1.807, 2.05) is 13.0 Å². The zero-order valence-electron chi connectivity index (χ0n) is 15.4. The van der Waals surface area contributed by atoms with E-state index >= 15 is 0 Å². The van der Waals surface area contributed by atoms with Crippen molar-refractivity contribution in [3.63, 3.8) is 0 Å². The first-order valence-corrected chi connectivity index (χ1v) is 7.86. The van der Waals surface area contributed by atoms with E-state index in [4.69, 9.17) is 18.9 Å². The second-order valence-electron chi connectivity index (χ2n) is 5.45. The summed E-state index contributed by atoms with van der Waals surface area (Å²) in [5.74, 6) is 1.40. The highest BCUT2D eigenvalue weighted by molar-refractivity contribution is 5.99. The Labute approximate surface area is 147 Å². The van der Waals surface area contributed by atoms with Gasteiger partial charge in [0.2, 0.25) is 0 Å². The fourth-order valence-electron chi connectivity index (χ4n) is 2.72. The minimum atomic E-state index is -0.383. The highest BCUT2D eigenvalue weighted by Gasteiger charge is 2.22. The van der Waals surface area contributed by atoms with Gasteiger partial charge in [0.05, 0.1) is 32.4 Å². The van der Waals surface area contributed by atoms with Crippen molar-refractivity contribution in [3.8, 4) is 17.2 Å². The molecule has 1 heterocycles. The normalized spacial score (nSPS) is 11.4. The van der Waals surface area contributed by atoms with Gasteiger partial charge in [0.15, 0.2) is 11.5 Å². The molecule has 2 rings (SSSR count). The molecule has 0 bridgehead atoms. The average molecular weight is 345 g/mol. The van der Waals surface area contributed by atoms with Crippen molar-refractivity contribution in [1.82, 2.24) is 4.98 Å². The first kappa shape index (κ1) is 18.6. The summed E-state index contributed by atoms with van der Waals surface area (Å²) in [6.07, 6.45) is 3.36. The predicted molar refractivity (Wildman–Crippen MR) is 95.4 cm³/mol. The van der Waals surface area contributed by atoms with Crippen LogP contribution in [-0.2, 0) is 16.1 Å². The Kier molecular flexibility index (Phi) is 5.85. The highest BCUT2D eigenvalue weighted by atomic mass is 16.5. The molecule has 2 aromatic rings. The first-order chi connectivity index (χ1) is 12.0. The Hall–Kier alpha value is -2.76. The number of nitrogens with zero attached hydrogens (tertiary/aromatic N) is 1. The van der Waals surface area contributed by atoms with Gasteiger partial charge in [-0.3, -0.25) is 4.98 Å². The quantitative estimate of drug-likeness (QED) is 0.589. The SMILES string of the molecule is C/C=C(/C)C(=O)OCc1nccc2c(OC)c(C)c(OC)c(OC)c12. The molecule has 0 aliphatic rings. The number of carbonyl (C=O) groups is 1. The maximum Gasteiger partial charge on any atom is 0.333 e. The van der Waals surface area contributed by atoms with E-state index in [0.29, 0.717) is 33.9 Å². The summed E-state index contributed by atoms with van der Waals surface area (Å²) in [5.41, 5.74) is 1.94. The van der Waals surface area contributed by atoms with Gasteiger partial charge in [-0.05, 0) is 26.8 Å². The monoisotopic (exact) mass is 345 g/mol. The van der Waals surface area contributed by atoms with Gasteiger partial charge in [-0.25, -0.2) is 4.79 Å². The van der Waals surface area contributed by atoms with Crippen LogP contribution < -0.4 is 14.2 Å². The number of pyridine rings is 1. The van der Waals surface area contributed by atoms with Gasteiger partial charge in [0.1, 0.15) is 12.4 Å². The third-order valence-electron chi connectivity index (χ3n) is 4.10. The number of esters is 1. The van der Waals surface area contributed by atoms with Crippen LogP contribution in [0.5, 0.6) is 17.2 Å². The van der Waals surface area contributed by atoms with E-state index in [0.717, 1.165) is 10.9 Å². The van der Waals surface area contributed by atoms with Gasteiger partial charge in [-0.15, -0.1) is 0 Å². The van der Waals surface area contributed by atoms with Crippen LogP contribution >= 0.6 is 0 Å². The van der Waals surface area contributed by atoms with Crippen LogP contribution in [0.4, 0.5) is 0 Å². The van der Waals surface area contributed by atoms with Crippen molar-refractivity contribution in [1.29, 1.82) is 0 Å². The number of fused-ring (bicyclic) bond motifs is 1. The van der Waals surface area contributed by atoms with E-state index in [1.165, 1.54) is 0 Å². The molecular formula is C19H23NO5. The second kappa shape index (κ2) is 7.88. The van der Waals surface area contributed by atoms with E-state index in [2.05, 4.69) is 4.98 Å². The van der Waals surface area contributed by atoms with E-state index in [1.54, 1.807) is 47.4 Å². The summed E-state index contributed by atoms with van der Waals surface area (Å²) in [6, 6.07) is 1.84. The van der Waals surface area contributed by atoms with Gasteiger partial charge >= 0.3 is 5.97 Å². The van der Waals surface area contributed by atoms with Crippen molar-refractivity contribution in [3.05, 3.63) is 35.2 Å². The number of rotatable bonds is 6. The molecule has 0 atom stereocenters. The molecule has 1 aromatic carbocycles. The van der Waals surface area contributed by atoms with Crippen LogP contribution in [-0.4, -0.2) is 32.3 Å². The van der Waals surface area contributed by atoms with Crippen LogP contribution in [0.2, 0.25) is 0 Å². The van der Waals surface area contributed by atoms with Crippen LogP contribution in [0.15, 0.2) is 23.9 Å². The average Bonchev–Trinajstić information content (AvgIpc) is 2.64. The maximum atomic E-state index is 11.9. The Bertz CT molecular complexity index is 826. The first-order valence-electron chi connectivity index (χ1n) is 7.86. The van der Waals surface area contributed by atoms with Crippen molar-refractivity contribution in [2.45, 2.75) is 27.4 Å². The van der Waals surface area contributed by atoms with Crippen LogP contribution in [0, 0.1) is 6.92 Å².